The van der Waals surface area contributed by atoms with E-state index < -0.39 is 0 Å². The summed E-state index contributed by atoms with van der Waals surface area (Å²) < 4.78 is 4.67. The van der Waals surface area contributed by atoms with E-state index in [0.29, 0.717) is 5.56 Å². The lowest BCUT2D eigenvalue weighted by Gasteiger charge is -2.19. The van der Waals surface area contributed by atoms with E-state index in [-0.39, 0.29) is 0 Å². The molecule has 0 aliphatic rings. The van der Waals surface area contributed by atoms with Crippen molar-refractivity contribution in [3.63, 3.8) is 0 Å². The van der Waals surface area contributed by atoms with Gasteiger partial charge in [0.25, 0.3) is 0 Å². The maximum absolute atomic E-state index is 11.5. The van der Waals surface area contributed by atoms with Gasteiger partial charge in [0.2, 0.25) is 0 Å². The van der Waals surface area contributed by atoms with Crippen LogP contribution in [0.3, 0.4) is 0 Å². The molecule has 0 spiro atoms. The van der Waals surface area contributed by atoms with E-state index in [2.05, 4.69) is 239 Å². The Hall–Kier alpha value is -8.78. The normalized spacial score (nSPS) is 11.6. The third-order valence-electron chi connectivity index (χ3n) is 14.4. The molecule has 12 aromatic rings. The van der Waals surface area contributed by atoms with Crippen LogP contribution in [-0.2, 0) is 0 Å². The van der Waals surface area contributed by atoms with E-state index in [0.717, 1.165) is 77.2 Å². The highest BCUT2D eigenvalue weighted by atomic mass is 15.0. The summed E-state index contributed by atoms with van der Waals surface area (Å²) in [7, 11) is 0. The van der Waals surface area contributed by atoms with Gasteiger partial charge in [-0.25, -0.2) is 0 Å². The molecule has 0 atom stereocenters. The average Bonchev–Trinajstić information content (AvgIpc) is 3.86. The third kappa shape index (κ3) is 7.75. The molecule has 0 aliphatic carbocycles. The summed E-state index contributed by atoms with van der Waals surface area (Å²) >= 11 is 0. The van der Waals surface area contributed by atoms with Gasteiger partial charge in [0, 0.05) is 45.1 Å². The molecule has 0 bridgehead atoms. The minimum absolute atomic E-state index is 0.571. The molecule has 0 saturated carbocycles. The van der Waals surface area contributed by atoms with Crippen LogP contribution in [-0.4, -0.2) is 14.1 Å². The first-order valence-corrected chi connectivity index (χ1v) is 24.9. The zero-order valence-corrected chi connectivity index (χ0v) is 42.1. The Balaban J connectivity index is 1.14. The zero-order chi connectivity index (χ0) is 49.5. The van der Waals surface area contributed by atoms with Gasteiger partial charge in [-0.1, -0.05) is 148 Å². The average molecular weight is 927 g/mol. The van der Waals surface area contributed by atoms with Crippen molar-refractivity contribution >= 4 is 43.6 Å². The Morgan fingerprint density at radius 1 is 0.333 bits per heavy atom. The Bertz CT molecular complexity index is 3950. The summed E-state index contributed by atoms with van der Waals surface area (Å²) in [6.45, 7) is 17.3. The minimum atomic E-state index is 0.571. The summed E-state index contributed by atoms with van der Waals surface area (Å²) in [6, 6.07) is 65.6. The SMILES string of the molecule is Cc1cc(C)cc(-c2ccc3c(c2)c2cc(-c4cc(C)cc(C)c4)ccc2n3-c2cc(-c3cccnc3)c(-n3c4ccc(-c5cc(C)cc(C)c5)cc4c4cc(-c5cc(C)cc(C)c5)ccc43)cc2C#N)c1. The highest BCUT2D eigenvalue weighted by Gasteiger charge is 2.23. The third-order valence-corrected chi connectivity index (χ3v) is 14.4. The molecule has 4 nitrogen and oxygen atoms in total. The van der Waals surface area contributed by atoms with Crippen molar-refractivity contribution in [1.82, 2.24) is 14.1 Å². The molecule has 9 aromatic carbocycles. The van der Waals surface area contributed by atoms with Crippen molar-refractivity contribution in [3.05, 3.63) is 232 Å². The van der Waals surface area contributed by atoms with Gasteiger partial charge in [-0.3, -0.25) is 4.98 Å². The monoisotopic (exact) mass is 926 g/mol. The van der Waals surface area contributed by atoms with Crippen molar-refractivity contribution in [1.29, 1.82) is 5.26 Å². The van der Waals surface area contributed by atoms with Gasteiger partial charge in [0.1, 0.15) is 6.07 Å². The van der Waals surface area contributed by atoms with Gasteiger partial charge in [-0.15, -0.1) is 0 Å². The van der Waals surface area contributed by atoms with Crippen molar-refractivity contribution in [3.8, 4) is 73.1 Å². The van der Waals surface area contributed by atoms with E-state index in [9.17, 15) is 5.26 Å². The fourth-order valence-corrected chi connectivity index (χ4v) is 11.6. The maximum Gasteiger partial charge on any atom is 0.101 e. The van der Waals surface area contributed by atoms with E-state index in [1.807, 2.05) is 18.5 Å². The summed E-state index contributed by atoms with van der Waals surface area (Å²) in [5, 5.41) is 16.0. The number of rotatable bonds is 7. The number of pyridine rings is 1. The van der Waals surface area contributed by atoms with Crippen LogP contribution in [0.5, 0.6) is 0 Å². The summed E-state index contributed by atoms with van der Waals surface area (Å²) in [6.07, 6.45) is 3.77. The fraction of sp³-hybridized carbons (Fsp3) is 0.118. The van der Waals surface area contributed by atoms with Gasteiger partial charge in [-0.2, -0.15) is 5.26 Å². The van der Waals surface area contributed by atoms with Crippen molar-refractivity contribution in [2.45, 2.75) is 55.4 Å². The second-order valence-corrected chi connectivity index (χ2v) is 20.3. The second kappa shape index (κ2) is 17.3. The number of aromatic nitrogens is 3. The molecule has 3 aromatic heterocycles. The Labute approximate surface area is 421 Å². The minimum Gasteiger partial charge on any atom is -0.309 e. The molecule has 4 heteroatoms. The van der Waals surface area contributed by atoms with Gasteiger partial charge in [0.15, 0.2) is 0 Å². The first-order valence-electron chi connectivity index (χ1n) is 24.9. The highest BCUT2D eigenvalue weighted by Crippen LogP contribution is 2.44. The lowest BCUT2D eigenvalue weighted by atomic mass is 9.97. The first kappa shape index (κ1) is 44.4. The van der Waals surface area contributed by atoms with Crippen molar-refractivity contribution in [2.75, 3.05) is 0 Å². The number of nitriles is 1. The summed E-state index contributed by atoms with van der Waals surface area (Å²) in [4.78, 5) is 4.68. The molecule has 0 fully saturated rings. The van der Waals surface area contributed by atoms with E-state index in [4.69, 9.17) is 0 Å². The lowest BCUT2D eigenvalue weighted by molar-refractivity contribution is 1.13. The number of hydrogen-bond acceptors (Lipinski definition) is 2. The molecular formula is C68H54N4. The topological polar surface area (TPSA) is 46.5 Å². The summed E-state index contributed by atoms with van der Waals surface area (Å²) in [5.74, 6) is 0. The molecule has 0 aliphatic heterocycles. The van der Waals surface area contributed by atoms with Gasteiger partial charge < -0.3 is 9.13 Å². The van der Waals surface area contributed by atoms with Gasteiger partial charge >= 0.3 is 0 Å². The molecule has 0 amide bonds. The first-order chi connectivity index (χ1) is 34.8. The summed E-state index contributed by atoms with van der Waals surface area (Å²) in [5.41, 5.74) is 27.7. The molecule has 346 valence electrons. The Morgan fingerprint density at radius 3 is 0.972 bits per heavy atom. The maximum atomic E-state index is 11.5. The van der Waals surface area contributed by atoms with Crippen LogP contribution in [0.15, 0.2) is 182 Å². The standard InChI is InChI=1S/C68H54N4/c1-40-20-41(2)25-53(24-40)48-11-15-63-59(32-48)60-33-49(54-26-42(3)21-43(4)27-54)12-16-64(60)71(63)67-37-58(52-10-9-19-70-39-52)68(36-57(67)38-69)72-65-17-13-50(55-28-44(5)22-45(6)29-55)34-61(65)62-35-51(14-18-66(62)72)56-30-46(7)23-47(8)31-56/h9-37,39H,1-8H3. The van der Waals surface area contributed by atoms with Crippen LogP contribution in [0.4, 0.5) is 0 Å². The van der Waals surface area contributed by atoms with Crippen LogP contribution in [0, 0.1) is 66.7 Å². The molecule has 0 unspecified atom stereocenters. The van der Waals surface area contributed by atoms with Gasteiger partial charge in [-0.05, 0) is 167 Å². The fourth-order valence-electron chi connectivity index (χ4n) is 11.6. The van der Waals surface area contributed by atoms with Crippen molar-refractivity contribution in [2.24, 2.45) is 0 Å². The molecule has 3 heterocycles. The predicted molar refractivity (Wildman–Crippen MR) is 303 cm³/mol. The number of nitrogens with zero attached hydrogens (tertiary/aromatic N) is 4. The number of fused-ring (bicyclic) bond motifs is 6. The Morgan fingerprint density at radius 2 is 0.667 bits per heavy atom. The second-order valence-electron chi connectivity index (χ2n) is 20.3. The number of benzene rings is 9. The molecule has 12 rings (SSSR count). The molecule has 0 radical (unpaired) electrons. The molecule has 72 heavy (non-hydrogen) atoms. The van der Waals surface area contributed by atoms with Crippen LogP contribution in [0.1, 0.15) is 50.1 Å². The van der Waals surface area contributed by atoms with Crippen LogP contribution in [0.2, 0.25) is 0 Å². The smallest absolute Gasteiger partial charge is 0.101 e. The number of hydrogen-bond donors (Lipinski definition) is 0. The van der Waals surface area contributed by atoms with E-state index >= 15 is 0 Å². The van der Waals surface area contributed by atoms with Gasteiger partial charge in [0.05, 0.1) is 39.0 Å². The molecular weight excluding hydrogens is 873 g/mol. The van der Waals surface area contributed by atoms with Crippen LogP contribution in [0.25, 0.3) is 111 Å². The largest absolute Gasteiger partial charge is 0.309 e. The lowest BCUT2D eigenvalue weighted by Crippen LogP contribution is -2.04. The Kier molecular flexibility index (Phi) is 10.7. The molecule has 0 saturated heterocycles. The predicted octanol–water partition coefficient (Wildman–Crippen LogP) is 17.9. The molecule has 0 N–H and O–H groups in total. The van der Waals surface area contributed by atoms with Crippen molar-refractivity contribution < 1.29 is 0 Å². The van der Waals surface area contributed by atoms with Crippen LogP contribution >= 0.6 is 0 Å². The highest BCUT2D eigenvalue weighted by molar-refractivity contribution is 6.14. The quantitative estimate of drug-likeness (QED) is 0.160. The number of aryl methyl sites for hydroxylation is 8. The van der Waals surface area contributed by atoms with Crippen LogP contribution < -0.4 is 0 Å². The zero-order valence-electron chi connectivity index (χ0n) is 42.1. The van der Waals surface area contributed by atoms with E-state index in [1.165, 1.54) is 77.9 Å². The van der Waals surface area contributed by atoms with E-state index in [1.54, 1.807) is 0 Å².